The van der Waals surface area contributed by atoms with Crippen molar-refractivity contribution in [2.45, 2.75) is 26.2 Å². The van der Waals surface area contributed by atoms with Gasteiger partial charge in [-0.25, -0.2) is 14.5 Å². The smallest absolute Gasteiger partial charge is 0.417 e. The molecule has 192 valence electrons. The first-order chi connectivity index (χ1) is 17.3. The third kappa shape index (κ3) is 4.97. The van der Waals surface area contributed by atoms with Gasteiger partial charge in [-0.15, -0.1) is 5.10 Å². The zero-order valence-corrected chi connectivity index (χ0v) is 19.0. The lowest BCUT2D eigenvalue weighted by Gasteiger charge is -2.12. The first kappa shape index (κ1) is 25.7. The molecular formula is C24H16F6N4O3. The lowest BCUT2D eigenvalue weighted by molar-refractivity contribution is -0.137. The minimum atomic E-state index is -4.85. The van der Waals surface area contributed by atoms with E-state index in [-0.39, 0.29) is 17.0 Å². The van der Waals surface area contributed by atoms with Gasteiger partial charge in [0.2, 0.25) is 0 Å². The van der Waals surface area contributed by atoms with Crippen LogP contribution in [0.1, 0.15) is 28.1 Å². The van der Waals surface area contributed by atoms with Crippen LogP contribution in [-0.4, -0.2) is 31.0 Å². The molecule has 0 saturated heterocycles. The molecule has 0 aliphatic rings. The van der Waals surface area contributed by atoms with Crippen LogP contribution in [0.3, 0.4) is 0 Å². The van der Waals surface area contributed by atoms with Crippen molar-refractivity contribution < 1.29 is 40.8 Å². The number of carbonyl (C=O) groups is 1. The summed E-state index contributed by atoms with van der Waals surface area (Å²) in [7, 11) is 0. The maximum atomic E-state index is 13.8. The number of rotatable bonds is 5. The molecule has 0 bridgehead atoms. The molecule has 0 saturated carbocycles. The van der Waals surface area contributed by atoms with Gasteiger partial charge < -0.3 is 9.63 Å². The Kier molecular flexibility index (Phi) is 6.40. The molecule has 4 rings (SSSR count). The van der Waals surface area contributed by atoms with Gasteiger partial charge in [-0.3, -0.25) is 0 Å². The molecule has 0 atom stereocenters. The molecule has 0 unspecified atom stereocenters. The zero-order valence-electron chi connectivity index (χ0n) is 19.0. The molecule has 2 aromatic carbocycles. The summed E-state index contributed by atoms with van der Waals surface area (Å²) in [5.41, 5.74) is -3.53. The van der Waals surface area contributed by atoms with Crippen LogP contribution < -0.4 is 0 Å². The highest BCUT2D eigenvalue weighted by molar-refractivity contribution is 6.19. The van der Waals surface area contributed by atoms with E-state index in [0.29, 0.717) is 4.68 Å². The van der Waals surface area contributed by atoms with Crippen LogP contribution in [0.4, 0.5) is 26.3 Å². The van der Waals surface area contributed by atoms with E-state index in [1.807, 2.05) is 0 Å². The van der Waals surface area contributed by atoms with E-state index in [4.69, 9.17) is 4.52 Å². The predicted molar refractivity (Wildman–Crippen MR) is 119 cm³/mol. The molecular weight excluding hydrogens is 506 g/mol. The van der Waals surface area contributed by atoms with Gasteiger partial charge >= 0.3 is 18.3 Å². The normalized spacial score (nSPS) is 12.7. The Morgan fingerprint density at radius 1 is 0.919 bits per heavy atom. The van der Waals surface area contributed by atoms with Crippen molar-refractivity contribution in [3.8, 4) is 22.8 Å². The highest BCUT2D eigenvalue weighted by Gasteiger charge is 2.37. The molecule has 7 nitrogen and oxygen atoms in total. The van der Waals surface area contributed by atoms with Gasteiger partial charge in [-0.2, -0.15) is 26.3 Å². The van der Waals surface area contributed by atoms with Crippen molar-refractivity contribution in [2.24, 2.45) is 0 Å². The maximum Gasteiger partial charge on any atom is 0.417 e. The number of aliphatic carboxylic acids is 1. The Morgan fingerprint density at radius 3 is 1.97 bits per heavy atom. The Morgan fingerprint density at radius 2 is 1.46 bits per heavy atom. The van der Waals surface area contributed by atoms with E-state index in [1.54, 1.807) is 0 Å². The van der Waals surface area contributed by atoms with Crippen LogP contribution in [0.15, 0.2) is 53.1 Å². The molecule has 13 heteroatoms. The third-order valence-electron chi connectivity index (χ3n) is 5.36. The van der Waals surface area contributed by atoms with Crippen molar-refractivity contribution in [1.82, 2.24) is 19.9 Å². The van der Waals surface area contributed by atoms with E-state index in [9.17, 15) is 36.2 Å². The predicted octanol–water partition coefficient (Wildman–Crippen LogP) is 6.34. The summed E-state index contributed by atoms with van der Waals surface area (Å²) < 4.78 is 88.1. The van der Waals surface area contributed by atoms with E-state index >= 15 is 0 Å². The molecule has 0 aliphatic carbocycles. The fourth-order valence-corrected chi connectivity index (χ4v) is 3.78. The van der Waals surface area contributed by atoms with E-state index in [1.165, 1.54) is 26.0 Å². The third-order valence-corrected chi connectivity index (χ3v) is 5.36. The summed E-state index contributed by atoms with van der Waals surface area (Å²) in [6.45, 7) is 2.88. The number of carboxylic acid groups (broad SMARTS) is 1. The van der Waals surface area contributed by atoms with Crippen LogP contribution in [0.25, 0.3) is 34.5 Å². The minimum Gasteiger partial charge on any atom is -0.478 e. The Labute approximate surface area is 204 Å². The molecule has 2 aromatic heterocycles. The Hall–Kier alpha value is -4.42. The van der Waals surface area contributed by atoms with Crippen molar-refractivity contribution in [2.75, 3.05) is 0 Å². The summed E-state index contributed by atoms with van der Waals surface area (Å²) >= 11 is 0. The molecule has 37 heavy (non-hydrogen) atoms. The highest BCUT2D eigenvalue weighted by atomic mass is 19.4. The van der Waals surface area contributed by atoms with Crippen LogP contribution in [0, 0.1) is 13.8 Å². The first-order valence-corrected chi connectivity index (χ1v) is 10.5. The largest absolute Gasteiger partial charge is 0.478 e. The number of hydrogen-bond acceptors (Lipinski definition) is 5. The molecule has 0 spiro atoms. The number of benzene rings is 2. The highest BCUT2D eigenvalue weighted by Crippen LogP contribution is 2.39. The number of halogens is 6. The Balaban J connectivity index is 2.05. The number of hydrogen-bond donors (Lipinski definition) is 1. The molecule has 0 fully saturated rings. The second-order valence-electron chi connectivity index (χ2n) is 7.84. The minimum absolute atomic E-state index is 0.0373. The fourth-order valence-electron chi connectivity index (χ4n) is 3.78. The van der Waals surface area contributed by atoms with Crippen molar-refractivity contribution in [1.29, 1.82) is 0 Å². The van der Waals surface area contributed by atoms with Gasteiger partial charge in [-0.1, -0.05) is 41.6 Å². The summed E-state index contributed by atoms with van der Waals surface area (Å²) in [5.74, 6) is -2.48. The Bertz CT molecular complexity index is 1500. The number of aromatic nitrogens is 4. The molecule has 2 heterocycles. The summed E-state index contributed by atoms with van der Waals surface area (Å²) in [5, 5.41) is 17.5. The van der Waals surface area contributed by atoms with Crippen molar-refractivity contribution in [3.63, 3.8) is 0 Å². The van der Waals surface area contributed by atoms with Crippen molar-refractivity contribution >= 4 is 17.7 Å². The first-order valence-electron chi connectivity index (χ1n) is 10.5. The van der Waals surface area contributed by atoms with Gasteiger partial charge in [0.1, 0.15) is 5.76 Å². The average molecular weight is 522 g/mol. The molecule has 0 aliphatic heterocycles. The zero-order chi connectivity index (χ0) is 27.1. The van der Waals surface area contributed by atoms with Gasteiger partial charge in [0.15, 0.2) is 11.6 Å². The summed E-state index contributed by atoms with van der Waals surface area (Å²) in [4.78, 5) is 16.1. The number of carboxylic acids is 1. The second-order valence-corrected chi connectivity index (χ2v) is 7.84. The summed E-state index contributed by atoms with van der Waals surface area (Å²) in [6, 6.07) is 8.53. The number of nitrogens with zero attached hydrogens (tertiary/aromatic N) is 4. The van der Waals surface area contributed by atoms with Crippen LogP contribution in [-0.2, 0) is 17.1 Å². The average Bonchev–Trinajstić information content (AvgIpc) is 3.39. The van der Waals surface area contributed by atoms with Crippen LogP contribution in [0.5, 0.6) is 0 Å². The van der Waals surface area contributed by atoms with Crippen LogP contribution >= 0.6 is 0 Å². The lowest BCUT2D eigenvalue weighted by Crippen LogP contribution is -2.09. The monoisotopic (exact) mass is 522 g/mol. The molecule has 4 aromatic rings. The van der Waals surface area contributed by atoms with E-state index < -0.39 is 57.8 Å². The number of aryl methyl sites for hydroxylation is 2. The van der Waals surface area contributed by atoms with Crippen LogP contribution in [0.2, 0.25) is 0 Å². The molecule has 0 radical (unpaired) electrons. The van der Waals surface area contributed by atoms with Gasteiger partial charge in [-0.05, 0) is 26.0 Å². The summed E-state index contributed by atoms with van der Waals surface area (Å²) in [6.07, 6.45) is -8.80. The van der Waals surface area contributed by atoms with E-state index in [2.05, 4.69) is 15.2 Å². The van der Waals surface area contributed by atoms with Gasteiger partial charge in [0, 0.05) is 17.3 Å². The standard InChI is InChI=1S/C24H16F6N4O3/c1-12-19(13(2)37-33-12)16(22(35)36)11-34-21(15-8-4-6-10-18(15)24(28,29)30)31-20(32-34)14-7-3-5-9-17(14)23(25,26)27/h3-11H,1-2H3,(H,35,36)/b16-11+. The van der Waals surface area contributed by atoms with E-state index in [0.717, 1.165) is 42.6 Å². The molecule has 0 amide bonds. The second kappa shape index (κ2) is 9.22. The fraction of sp³-hybridized carbons (Fsp3) is 0.167. The SMILES string of the molecule is Cc1noc(C)c1/C(=C\n1nc(-c2ccccc2C(F)(F)F)nc1-c1ccccc1C(F)(F)F)C(=O)O. The van der Waals surface area contributed by atoms with Crippen molar-refractivity contribution in [3.05, 3.63) is 76.7 Å². The quantitative estimate of drug-likeness (QED) is 0.243. The molecule has 1 N–H and O–H groups in total. The maximum absolute atomic E-state index is 13.8. The van der Waals surface area contributed by atoms with Gasteiger partial charge in [0.25, 0.3) is 0 Å². The van der Waals surface area contributed by atoms with Gasteiger partial charge in [0.05, 0.1) is 28.0 Å². The lowest BCUT2D eigenvalue weighted by atomic mass is 10.0. The topological polar surface area (TPSA) is 94.0 Å². The number of alkyl halides is 6.